The second-order valence-electron chi connectivity index (χ2n) is 6.93. The van der Waals surface area contributed by atoms with Gasteiger partial charge in [-0.15, -0.1) is 0 Å². The van der Waals surface area contributed by atoms with Gasteiger partial charge in [0.1, 0.15) is 0 Å². The zero-order valence-electron chi connectivity index (χ0n) is 11.7. The molecule has 4 heteroatoms. The third-order valence-electron chi connectivity index (χ3n) is 5.29. The highest BCUT2D eigenvalue weighted by Gasteiger charge is 2.53. The number of carboxylic acid groups (broad SMARTS) is 1. The first-order valence-electron chi connectivity index (χ1n) is 6.98. The van der Waals surface area contributed by atoms with Crippen LogP contribution in [0.2, 0.25) is 0 Å². The highest BCUT2D eigenvalue weighted by atomic mass is 16.4. The van der Waals surface area contributed by atoms with Crippen LogP contribution in [0.4, 0.5) is 0 Å². The van der Waals surface area contributed by atoms with Gasteiger partial charge < -0.3 is 15.3 Å². The zero-order chi connectivity index (χ0) is 14.4. The summed E-state index contributed by atoms with van der Waals surface area (Å²) in [5, 5.41) is 29.6. The molecule has 0 spiro atoms. The van der Waals surface area contributed by atoms with Crippen molar-refractivity contribution in [3.8, 4) is 0 Å². The molecule has 2 fully saturated rings. The SMILES string of the molecule is C=C(C(=O)O)C1CCC2(C)CC(O)CC(C)(O)C2C1. The summed E-state index contributed by atoms with van der Waals surface area (Å²) in [5.74, 6) is -0.973. The third-order valence-corrected chi connectivity index (χ3v) is 5.29. The van der Waals surface area contributed by atoms with E-state index in [1.54, 1.807) is 6.92 Å². The molecule has 0 bridgehead atoms. The van der Waals surface area contributed by atoms with Crippen molar-refractivity contribution in [2.75, 3.05) is 0 Å². The maximum absolute atomic E-state index is 11.0. The van der Waals surface area contributed by atoms with Gasteiger partial charge in [0.25, 0.3) is 0 Å². The van der Waals surface area contributed by atoms with E-state index in [2.05, 4.69) is 13.5 Å². The zero-order valence-corrected chi connectivity index (χ0v) is 11.7. The lowest BCUT2D eigenvalue weighted by Gasteiger charge is -2.55. The Hall–Kier alpha value is -0.870. The van der Waals surface area contributed by atoms with E-state index in [4.69, 9.17) is 5.11 Å². The number of hydrogen-bond donors (Lipinski definition) is 3. The molecule has 0 aliphatic heterocycles. The molecule has 108 valence electrons. The van der Waals surface area contributed by atoms with Gasteiger partial charge in [0.05, 0.1) is 11.7 Å². The quantitative estimate of drug-likeness (QED) is 0.669. The van der Waals surface area contributed by atoms with Gasteiger partial charge in [-0.25, -0.2) is 4.79 Å². The van der Waals surface area contributed by atoms with Gasteiger partial charge in [0.15, 0.2) is 0 Å². The Morgan fingerprint density at radius 1 is 1.32 bits per heavy atom. The summed E-state index contributed by atoms with van der Waals surface area (Å²) < 4.78 is 0. The summed E-state index contributed by atoms with van der Waals surface area (Å²) in [4.78, 5) is 11.0. The molecular formula is C15H24O4. The van der Waals surface area contributed by atoms with Crippen molar-refractivity contribution in [3.63, 3.8) is 0 Å². The van der Waals surface area contributed by atoms with Crippen molar-refractivity contribution in [1.82, 2.24) is 0 Å². The molecular weight excluding hydrogens is 244 g/mol. The molecule has 3 N–H and O–H groups in total. The van der Waals surface area contributed by atoms with E-state index >= 15 is 0 Å². The second kappa shape index (κ2) is 4.60. The molecule has 2 aliphatic carbocycles. The summed E-state index contributed by atoms with van der Waals surface area (Å²) in [6.07, 6.45) is 2.87. The monoisotopic (exact) mass is 268 g/mol. The van der Waals surface area contributed by atoms with Crippen molar-refractivity contribution in [2.45, 2.75) is 57.7 Å². The van der Waals surface area contributed by atoms with Gasteiger partial charge in [0.2, 0.25) is 0 Å². The van der Waals surface area contributed by atoms with Gasteiger partial charge in [-0.05, 0) is 49.9 Å². The topological polar surface area (TPSA) is 77.8 Å². The second-order valence-corrected chi connectivity index (χ2v) is 6.93. The van der Waals surface area contributed by atoms with Crippen molar-refractivity contribution >= 4 is 5.97 Å². The average molecular weight is 268 g/mol. The van der Waals surface area contributed by atoms with E-state index in [1.807, 2.05) is 0 Å². The van der Waals surface area contributed by atoms with E-state index in [-0.39, 0.29) is 22.8 Å². The normalized spacial score (nSPS) is 46.4. The first-order chi connectivity index (χ1) is 8.66. The third kappa shape index (κ3) is 2.56. The summed E-state index contributed by atoms with van der Waals surface area (Å²) in [6.45, 7) is 7.54. The summed E-state index contributed by atoms with van der Waals surface area (Å²) >= 11 is 0. The molecule has 0 heterocycles. The standard InChI is InChI=1S/C15H24O4/c1-9(13(17)18)10-4-5-14(2)7-11(16)8-15(3,19)12(14)6-10/h10-12,16,19H,1,4-8H2,2-3H3,(H,17,18). The van der Waals surface area contributed by atoms with Crippen LogP contribution in [0.15, 0.2) is 12.2 Å². The summed E-state index contributed by atoms with van der Waals surface area (Å²) in [7, 11) is 0. The number of rotatable bonds is 2. The Morgan fingerprint density at radius 3 is 2.53 bits per heavy atom. The van der Waals surface area contributed by atoms with Gasteiger partial charge >= 0.3 is 5.97 Å². The van der Waals surface area contributed by atoms with Crippen molar-refractivity contribution < 1.29 is 20.1 Å². The molecule has 2 rings (SSSR count). The predicted octanol–water partition coefficient (Wildman–Crippen LogP) is 1.96. The van der Waals surface area contributed by atoms with Crippen LogP contribution in [0.25, 0.3) is 0 Å². The average Bonchev–Trinajstić information content (AvgIpc) is 2.25. The number of aliphatic carboxylic acids is 1. The number of carbonyl (C=O) groups is 1. The number of carboxylic acids is 1. The van der Waals surface area contributed by atoms with Crippen LogP contribution in [0.3, 0.4) is 0 Å². The molecule has 0 aromatic rings. The van der Waals surface area contributed by atoms with Crippen LogP contribution >= 0.6 is 0 Å². The van der Waals surface area contributed by atoms with Crippen LogP contribution in [-0.4, -0.2) is 33.0 Å². The van der Waals surface area contributed by atoms with Crippen LogP contribution in [0, 0.1) is 17.3 Å². The van der Waals surface area contributed by atoms with Gasteiger partial charge in [-0.3, -0.25) is 0 Å². The molecule has 0 aromatic carbocycles. The van der Waals surface area contributed by atoms with Crippen LogP contribution in [0.5, 0.6) is 0 Å². The molecule has 0 radical (unpaired) electrons. The lowest BCUT2D eigenvalue weighted by molar-refractivity contribution is -0.157. The molecule has 2 saturated carbocycles. The van der Waals surface area contributed by atoms with Crippen molar-refractivity contribution in [1.29, 1.82) is 0 Å². The molecule has 19 heavy (non-hydrogen) atoms. The lowest BCUT2D eigenvalue weighted by atomic mass is 9.52. The van der Waals surface area contributed by atoms with E-state index < -0.39 is 17.7 Å². The van der Waals surface area contributed by atoms with E-state index in [0.717, 1.165) is 12.8 Å². The minimum atomic E-state index is -0.941. The van der Waals surface area contributed by atoms with E-state index in [9.17, 15) is 15.0 Å². The predicted molar refractivity (Wildman–Crippen MR) is 71.6 cm³/mol. The molecule has 0 amide bonds. The fourth-order valence-corrected chi connectivity index (χ4v) is 4.33. The van der Waals surface area contributed by atoms with Gasteiger partial charge in [0, 0.05) is 12.0 Å². The smallest absolute Gasteiger partial charge is 0.331 e. The number of hydrogen-bond acceptors (Lipinski definition) is 3. The molecule has 0 aromatic heterocycles. The van der Waals surface area contributed by atoms with E-state index in [0.29, 0.717) is 19.3 Å². The first-order valence-corrected chi connectivity index (χ1v) is 6.98. The van der Waals surface area contributed by atoms with Crippen LogP contribution in [0.1, 0.15) is 46.0 Å². The fourth-order valence-electron chi connectivity index (χ4n) is 4.33. The van der Waals surface area contributed by atoms with Crippen LogP contribution < -0.4 is 0 Å². The van der Waals surface area contributed by atoms with Crippen molar-refractivity contribution in [2.24, 2.45) is 17.3 Å². The first kappa shape index (κ1) is 14.5. The minimum absolute atomic E-state index is 0.0262. The van der Waals surface area contributed by atoms with Crippen LogP contribution in [-0.2, 0) is 4.79 Å². The molecule has 5 atom stereocenters. The minimum Gasteiger partial charge on any atom is -0.478 e. The Bertz CT molecular complexity index is 401. The van der Waals surface area contributed by atoms with Gasteiger partial charge in [-0.1, -0.05) is 13.5 Å². The summed E-state index contributed by atoms with van der Waals surface area (Å²) in [6, 6.07) is 0. The van der Waals surface area contributed by atoms with E-state index in [1.165, 1.54) is 0 Å². The number of aliphatic hydroxyl groups is 2. The Balaban J connectivity index is 2.22. The maximum Gasteiger partial charge on any atom is 0.331 e. The largest absolute Gasteiger partial charge is 0.478 e. The molecule has 4 nitrogen and oxygen atoms in total. The lowest BCUT2D eigenvalue weighted by Crippen LogP contribution is -2.55. The Kier molecular flexibility index (Phi) is 3.52. The van der Waals surface area contributed by atoms with Crippen molar-refractivity contribution in [3.05, 3.63) is 12.2 Å². The number of fused-ring (bicyclic) bond motifs is 1. The highest BCUT2D eigenvalue weighted by molar-refractivity contribution is 5.86. The molecule has 5 unspecified atom stereocenters. The summed E-state index contributed by atoms with van der Waals surface area (Å²) in [5.41, 5.74) is -0.774. The highest BCUT2D eigenvalue weighted by Crippen LogP contribution is 2.56. The Labute approximate surface area is 114 Å². The Morgan fingerprint density at radius 2 is 1.95 bits per heavy atom. The fraction of sp³-hybridized carbons (Fsp3) is 0.800. The maximum atomic E-state index is 11.0. The molecule has 0 saturated heterocycles. The number of aliphatic hydroxyl groups excluding tert-OH is 1. The van der Waals surface area contributed by atoms with Gasteiger partial charge in [-0.2, -0.15) is 0 Å². The molecule has 2 aliphatic rings.